The summed E-state index contributed by atoms with van der Waals surface area (Å²) in [4.78, 5) is 0. The number of nitrogens with zero attached hydrogens (tertiary/aromatic N) is 1. The van der Waals surface area contributed by atoms with Gasteiger partial charge in [0.1, 0.15) is 0 Å². The Morgan fingerprint density at radius 3 is 2.36 bits per heavy atom. The Morgan fingerprint density at radius 2 is 1.91 bits per heavy atom. The largest absolute Gasteiger partial charge is 0.198 e. The first-order chi connectivity index (χ1) is 5.35. The Labute approximate surface area is 68.4 Å². The highest BCUT2D eigenvalue weighted by Crippen LogP contribution is 2.48. The summed E-state index contributed by atoms with van der Waals surface area (Å²) in [7, 11) is 0. The molecule has 0 unspecified atom stereocenters. The van der Waals surface area contributed by atoms with Crippen molar-refractivity contribution in [2.24, 2.45) is 11.3 Å². The van der Waals surface area contributed by atoms with Gasteiger partial charge in [-0.05, 0) is 25.2 Å². The van der Waals surface area contributed by atoms with Crippen molar-refractivity contribution in [1.82, 2.24) is 0 Å². The van der Waals surface area contributed by atoms with Gasteiger partial charge in [-0.1, -0.05) is 25.7 Å². The lowest BCUT2D eigenvalue weighted by atomic mass is 9.82. The highest BCUT2D eigenvalue weighted by molar-refractivity contribution is 5.04. The van der Waals surface area contributed by atoms with E-state index in [0.29, 0.717) is 0 Å². The average Bonchev–Trinajstić information content (AvgIpc) is 2.68. The molecule has 2 aliphatic rings. The van der Waals surface area contributed by atoms with Crippen LogP contribution in [0.4, 0.5) is 0 Å². The van der Waals surface area contributed by atoms with E-state index in [0.717, 1.165) is 5.92 Å². The van der Waals surface area contributed by atoms with Gasteiger partial charge in [0.25, 0.3) is 0 Å². The molecule has 2 saturated carbocycles. The van der Waals surface area contributed by atoms with Crippen LogP contribution < -0.4 is 0 Å². The fraction of sp³-hybridized carbons (Fsp3) is 0.900. The van der Waals surface area contributed by atoms with Crippen LogP contribution in [0.15, 0.2) is 0 Å². The van der Waals surface area contributed by atoms with Crippen LogP contribution in [0.25, 0.3) is 0 Å². The molecule has 0 bridgehead atoms. The molecule has 0 aromatic carbocycles. The average molecular weight is 149 g/mol. The van der Waals surface area contributed by atoms with Gasteiger partial charge in [0.05, 0.1) is 11.5 Å². The normalized spacial score (nSPS) is 28.3. The summed E-state index contributed by atoms with van der Waals surface area (Å²) in [5, 5.41) is 9.04. The quantitative estimate of drug-likeness (QED) is 0.592. The lowest BCUT2D eigenvalue weighted by Gasteiger charge is -2.18. The zero-order chi connectivity index (χ0) is 7.73. The van der Waals surface area contributed by atoms with E-state index in [9.17, 15) is 0 Å². The third kappa shape index (κ3) is 1.40. The molecular weight excluding hydrogens is 134 g/mol. The van der Waals surface area contributed by atoms with Crippen molar-refractivity contribution in [3.8, 4) is 6.07 Å². The van der Waals surface area contributed by atoms with Gasteiger partial charge in [0.15, 0.2) is 0 Å². The summed E-state index contributed by atoms with van der Waals surface area (Å²) < 4.78 is 0. The second-order valence-electron chi connectivity index (χ2n) is 4.25. The van der Waals surface area contributed by atoms with Crippen molar-refractivity contribution in [3.05, 3.63) is 0 Å². The number of rotatable bonds is 2. The minimum absolute atomic E-state index is 0.126. The van der Waals surface area contributed by atoms with Crippen molar-refractivity contribution < 1.29 is 0 Å². The molecular formula is C10H15N. The molecule has 0 N–H and O–H groups in total. The molecule has 0 saturated heterocycles. The molecule has 60 valence electrons. The summed E-state index contributed by atoms with van der Waals surface area (Å²) in [5.74, 6) is 0.924. The molecule has 0 spiro atoms. The van der Waals surface area contributed by atoms with E-state index >= 15 is 0 Å². The molecule has 1 heteroatoms. The van der Waals surface area contributed by atoms with Crippen LogP contribution in [0.3, 0.4) is 0 Å². The van der Waals surface area contributed by atoms with Gasteiger partial charge in [-0.25, -0.2) is 0 Å². The molecule has 2 aliphatic carbocycles. The summed E-state index contributed by atoms with van der Waals surface area (Å²) in [6, 6.07) is 2.55. The molecule has 0 amide bonds. The van der Waals surface area contributed by atoms with Gasteiger partial charge in [0, 0.05) is 0 Å². The number of hydrogen-bond donors (Lipinski definition) is 0. The zero-order valence-electron chi connectivity index (χ0n) is 6.97. The van der Waals surface area contributed by atoms with Gasteiger partial charge < -0.3 is 0 Å². The third-order valence-electron chi connectivity index (χ3n) is 3.17. The lowest BCUT2D eigenvalue weighted by molar-refractivity contribution is 0.354. The maximum atomic E-state index is 9.04. The van der Waals surface area contributed by atoms with Crippen LogP contribution in [0.1, 0.15) is 44.9 Å². The van der Waals surface area contributed by atoms with Crippen molar-refractivity contribution in [3.63, 3.8) is 0 Å². The minimum Gasteiger partial charge on any atom is -0.198 e. The van der Waals surface area contributed by atoms with Crippen LogP contribution >= 0.6 is 0 Å². The van der Waals surface area contributed by atoms with Crippen LogP contribution in [0, 0.1) is 22.7 Å². The molecule has 1 nitrogen and oxygen atoms in total. The molecule has 2 rings (SSSR count). The topological polar surface area (TPSA) is 23.8 Å². The second kappa shape index (κ2) is 2.52. The Bertz CT molecular complexity index is 180. The summed E-state index contributed by atoms with van der Waals surface area (Å²) in [5.41, 5.74) is 0.126. The molecule has 11 heavy (non-hydrogen) atoms. The van der Waals surface area contributed by atoms with Crippen molar-refractivity contribution >= 4 is 0 Å². The molecule has 0 aromatic rings. The van der Waals surface area contributed by atoms with Crippen molar-refractivity contribution in [1.29, 1.82) is 5.26 Å². The first-order valence-corrected chi connectivity index (χ1v) is 4.76. The van der Waals surface area contributed by atoms with Crippen LogP contribution in [0.2, 0.25) is 0 Å². The standard InChI is InChI=1S/C10H15N/c11-8-10(5-1-2-6-10)7-9-3-4-9/h9H,1-7H2. The molecule has 0 aromatic heterocycles. The molecule has 0 aliphatic heterocycles. The van der Waals surface area contributed by atoms with Crippen LogP contribution in [-0.4, -0.2) is 0 Å². The minimum atomic E-state index is 0.126. The number of nitriles is 1. The van der Waals surface area contributed by atoms with Gasteiger partial charge in [-0.2, -0.15) is 5.26 Å². The summed E-state index contributed by atoms with van der Waals surface area (Å²) in [6.07, 6.45) is 8.94. The molecule has 0 heterocycles. The first kappa shape index (κ1) is 7.16. The SMILES string of the molecule is N#CC1(CC2CC2)CCCC1. The Kier molecular flexibility index (Phi) is 1.64. The van der Waals surface area contributed by atoms with Crippen LogP contribution in [-0.2, 0) is 0 Å². The van der Waals surface area contributed by atoms with E-state index in [1.807, 2.05) is 0 Å². The van der Waals surface area contributed by atoms with Crippen molar-refractivity contribution in [2.45, 2.75) is 44.9 Å². The zero-order valence-corrected chi connectivity index (χ0v) is 6.97. The highest BCUT2D eigenvalue weighted by Gasteiger charge is 2.39. The van der Waals surface area contributed by atoms with E-state index in [4.69, 9.17) is 5.26 Å². The van der Waals surface area contributed by atoms with E-state index in [1.165, 1.54) is 44.9 Å². The van der Waals surface area contributed by atoms with E-state index in [2.05, 4.69) is 6.07 Å². The van der Waals surface area contributed by atoms with E-state index < -0.39 is 0 Å². The maximum absolute atomic E-state index is 9.04. The predicted octanol–water partition coefficient (Wildman–Crippen LogP) is 2.87. The number of hydrogen-bond acceptors (Lipinski definition) is 1. The fourth-order valence-electron chi connectivity index (χ4n) is 2.29. The monoisotopic (exact) mass is 149 g/mol. The fourth-order valence-corrected chi connectivity index (χ4v) is 2.29. The Balaban J connectivity index is 1.97. The second-order valence-corrected chi connectivity index (χ2v) is 4.25. The van der Waals surface area contributed by atoms with E-state index in [1.54, 1.807) is 0 Å². The van der Waals surface area contributed by atoms with Gasteiger partial charge in [0.2, 0.25) is 0 Å². The van der Waals surface area contributed by atoms with Gasteiger partial charge in [-0.3, -0.25) is 0 Å². The third-order valence-corrected chi connectivity index (χ3v) is 3.17. The van der Waals surface area contributed by atoms with Gasteiger partial charge >= 0.3 is 0 Å². The molecule has 0 radical (unpaired) electrons. The summed E-state index contributed by atoms with van der Waals surface area (Å²) in [6.45, 7) is 0. The van der Waals surface area contributed by atoms with Crippen molar-refractivity contribution in [2.75, 3.05) is 0 Å². The molecule has 0 atom stereocenters. The highest BCUT2D eigenvalue weighted by atomic mass is 14.5. The first-order valence-electron chi connectivity index (χ1n) is 4.76. The summed E-state index contributed by atoms with van der Waals surface area (Å²) >= 11 is 0. The van der Waals surface area contributed by atoms with E-state index in [-0.39, 0.29) is 5.41 Å². The predicted molar refractivity (Wildman–Crippen MR) is 43.9 cm³/mol. The lowest BCUT2D eigenvalue weighted by Crippen LogP contribution is -2.13. The maximum Gasteiger partial charge on any atom is 0.0689 e. The molecule has 2 fully saturated rings. The smallest absolute Gasteiger partial charge is 0.0689 e. The van der Waals surface area contributed by atoms with Gasteiger partial charge in [-0.15, -0.1) is 0 Å². The Morgan fingerprint density at radius 1 is 1.27 bits per heavy atom. The Hall–Kier alpha value is -0.510. The van der Waals surface area contributed by atoms with Crippen LogP contribution in [0.5, 0.6) is 0 Å².